The Balaban J connectivity index is 2.11. The summed E-state index contributed by atoms with van der Waals surface area (Å²) in [5.41, 5.74) is 2.21. The summed E-state index contributed by atoms with van der Waals surface area (Å²) in [7, 11) is 0. The van der Waals surface area contributed by atoms with Crippen LogP contribution in [0, 0.1) is 0 Å². The summed E-state index contributed by atoms with van der Waals surface area (Å²) < 4.78 is 1.80. The van der Waals surface area contributed by atoms with Gasteiger partial charge in [-0.3, -0.25) is 9.67 Å². The van der Waals surface area contributed by atoms with Crippen LogP contribution < -0.4 is 5.32 Å². The molecule has 0 radical (unpaired) electrons. The fourth-order valence-electron chi connectivity index (χ4n) is 1.67. The molecule has 2 aromatic heterocycles. The van der Waals surface area contributed by atoms with Crippen LogP contribution in [0.5, 0.6) is 0 Å². The van der Waals surface area contributed by atoms with Gasteiger partial charge in [0, 0.05) is 25.0 Å². The molecule has 0 aliphatic rings. The maximum absolute atomic E-state index is 5.85. The van der Waals surface area contributed by atoms with Gasteiger partial charge in [-0.2, -0.15) is 5.10 Å². The molecule has 18 heavy (non-hydrogen) atoms. The van der Waals surface area contributed by atoms with Gasteiger partial charge in [-0.25, -0.2) is 0 Å². The fourth-order valence-corrected chi connectivity index (χ4v) is 1.82. The van der Waals surface area contributed by atoms with Crippen LogP contribution in [0.15, 0.2) is 30.7 Å². The summed E-state index contributed by atoms with van der Waals surface area (Å²) >= 11 is 5.85. The van der Waals surface area contributed by atoms with Crippen molar-refractivity contribution >= 4 is 11.6 Å². The van der Waals surface area contributed by atoms with Gasteiger partial charge in [-0.15, -0.1) is 0 Å². The Hall–Kier alpha value is -1.39. The lowest BCUT2D eigenvalue weighted by atomic mass is 10.2. The molecule has 0 amide bonds. The molecule has 0 bridgehead atoms. The molecule has 0 aromatic carbocycles. The van der Waals surface area contributed by atoms with Crippen molar-refractivity contribution in [2.24, 2.45) is 0 Å². The highest BCUT2D eigenvalue weighted by atomic mass is 35.5. The van der Waals surface area contributed by atoms with Crippen molar-refractivity contribution in [2.75, 3.05) is 0 Å². The molecule has 0 aliphatic carbocycles. The fraction of sp³-hybridized carbons (Fsp3) is 0.385. The minimum atomic E-state index is 0.456. The van der Waals surface area contributed by atoms with Crippen LogP contribution in [-0.4, -0.2) is 20.8 Å². The summed E-state index contributed by atoms with van der Waals surface area (Å²) in [5.74, 6) is 0. The molecule has 0 saturated heterocycles. The topological polar surface area (TPSA) is 42.7 Å². The molecule has 96 valence electrons. The van der Waals surface area contributed by atoms with Crippen molar-refractivity contribution < 1.29 is 0 Å². The van der Waals surface area contributed by atoms with Crippen molar-refractivity contribution in [3.8, 4) is 0 Å². The molecule has 0 atom stereocenters. The van der Waals surface area contributed by atoms with E-state index >= 15 is 0 Å². The van der Waals surface area contributed by atoms with E-state index in [1.54, 1.807) is 23.3 Å². The first-order valence-electron chi connectivity index (χ1n) is 5.99. The van der Waals surface area contributed by atoms with Gasteiger partial charge < -0.3 is 5.32 Å². The predicted octanol–water partition coefficient (Wildman–Crippen LogP) is 2.48. The Morgan fingerprint density at radius 1 is 1.44 bits per heavy atom. The third-order valence-electron chi connectivity index (χ3n) is 2.60. The van der Waals surface area contributed by atoms with Gasteiger partial charge in [0.05, 0.1) is 23.5 Å². The number of nitrogens with zero attached hydrogens (tertiary/aromatic N) is 3. The van der Waals surface area contributed by atoms with Crippen molar-refractivity contribution in [3.63, 3.8) is 0 Å². The maximum atomic E-state index is 5.85. The third kappa shape index (κ3) is 3.55. The summed E-state index contributed by atoms with van der Waals surface area (Å²) in [5, 5.41) is 8.22. The van der Waals surface area contributed by atoms with Crippen LogP contribution in [0.3, 0.4) is 0 Å². The number of hydrogen-bond acceptors (Lipinski definition) is 3. The highest BCUT2D eigenvalue weighted by molar-refractivity contribution is 6.30. The van der Waals surface area contributed by atoms with Crippen LogP contribution in [0.4, 0.5) is 0 Å². The first-order chi connectivity index (χ1) is 8.65. The highest BCUT2D eigenvalue weighted by Gasteiger charge is 2.05. The number of aromatic nitrogens is 3. The van der Waals surface area contributed by atoms with E-state index in [0.717, 1.165) is 12.2 Å². The van der Waals surface area contributed by atoms with Crippen LogP contribution >= 0.6 is 11.6 Å². The third-order valence-corrected chi connectivity index (χ3v) is 2.79. The zero-order valence-electron chi connectivity index (χ0n) is 10.6. The number of pyridine rings is 1. The minimum absolute atomic E-state index is 0.456. The molecular formula is C13H17ClN4. The van der Waals surface area contributed by atoms with Crippen LogP contribution in [0.2, 0.25) is 5.02 Å². The van der Waals surface area contributed by atoms with E-state index in [0.29, 0.717) is 17.6 Å². The van der Waals surface area contributed by atoms with Crippen molar-refractivity contribution in [1.29, 1.82) is 0 Å². The second-order valence-electron chi connectivity index (χ2n) is 4.50. The number of halogens is 1. The summed E-state index contributed by atoms with van der Waals surface area (Å²) in [6.07, 6.45) is 5.24. The highest BCUT2D eigenvalue weighted by Crippen LogP contribution is 2.10. The Morgan fingerprint density at radius 3 is 2.94 bits per heavy atom. The first kappa shape index (κ1) is 13.1. The van der Waals surface area contributed by atoms with Crippen LogP contribution in [0.25, 0.3) is 0 Å². The van der Waals surface area contributed by atoms with Gasteiger partial charge in [0.2, 0.25) is 0 Å². The van der Waals surface area contributed by atoms with Crippen molar-refractivity contribution in [2.45, 2.75) is 33.0 Å². The van der Waals surface area contributed by atoms with Gasteiger partial charge in [-0.05, 0) is 11.6 Å². The molecule has 0 aliphatic heterocycles. The lowest BCUT2D eigenvalue weighted by Crippen LogP contribution is -2.23. The molecule has 2 heterocycles. The Bertz CT molecular complexity index is 507. The summed E-state index contributed by atoms with van der Waals surface area (Å²) in [6.45, 7) is 5.71. The lowest BCUT2D eigenvalue weighted by molar-refractivity contribution is 0.578. The molecular weight excluding hydrogens is 248 g/mol. The molecule has 4 nitrogen and oxygen atoms in total. The first-order valence-corrected chi connectivity index (χ1v) is 6.37. The van der Waals surface area contributed by atoms with Gasteiger partial charge >= 0.3 is 0 Å². The van der Waals surface area contributed by atoms with Gasteiger partial charge in [0.1, 0.15) is 0 Å². The minimum Gasteiger partial charge on any atom is -0.310 e. The summed E-state index contributed by atoms with van der Waals surface area (Å²) in [6, 6.07) is 4.50. The number of hydrogen-bond donors (Lipinski definition) is 1. The monoisotopic (exact) mass is 264 g/mol. The van der Waals surface area contributed by atoms with E-state index in [2.05, 4.69) is 35.3 Å². The van der Waals surface area contributed by atoms with E-state index < -0.39 is 0 Å². The number of nitrogens with one attached hydrogen (secondary N) is 1. The van der Waals surface area contributed by atoms with Crippen LogP contribution in [0.1, 0.15) is 25.1 Å². The standard InChI is InChI=1S/C13H17ClN4/c1-10(2)16-6-11-4-3-5-15-13(11)9-18-8-12(14)7-17-18/h3-5,7-8,10,16H,6,9H2,1-2H3. The maximum Gasteiger partial charge on any atom is 0.0835 e. The SMILES string of the molecule is CC(C)NCc1cccnc1Cn1cc(Cl)cn1. The molecule has 0 fully saturated rings. The molecule has 0 spiro atoms. The van der Waals surface area contributed by atoms with E-state index in [1.807, 2.05) is 6.07 Å². The smallest absolute Gasteiger partial charge is 0.0835 e. The van der Waals surface area contributed by atoms with E-state index in [9.17, 15) is 0 Å². The average molecular weight is 265 g/mol. The Labute approximate surface area is 112 Å². The second kappa shape index (κ2) is 5.98. The molecule has 2 rings (SSSR count). The summed E-state index contributed by atoms with van der Waals surface area (Å²) in [4.78, 5) is 4.42. The van der Waals surface area contributed by atoms with E-state index in [4.69, 9.17) is 11.6 Å². The molecule has 1 N–H and O–H groups in total. The van der Waals surface area contributed by atoms with E-state index in [-0.39, 0.29) is 0 Å². The quantitative estimate of drug-likeness (QED) is 0.902. The molecule has 0 saturated carbocycles. The lowest BCUT2D eigenvalue weighted by Gasteiger charge is -2.11. The van der Waals surface area contributed by atoms with Crippen LogP contribution in [-0.2, 0) is 13.1 Å². The van der Waals surface area contributed by atoms with Gasteiger partial charge in [-0.1, -0.05) is 31.5 Å². The second-order valence-corrected chi connectivity index (χ2v) is 4.94. The molecule has 2 aromatic rings. The van der Waals surface area contributed by atoms with Gasteiger partial charge in [0.25, 0.3) is 0 Å². The van der Waals surface area contributed by atoms with Crippen molar-refractivity contribution in [3.05, 3.63) is 47.0 Å². The largest absolute Gasteiger partial charge is 0.310 e. The van der Waals surface area contributed by atoms with E-state index in [1.165, 1.54) is 5.56 Å². The number of rotatable bonds is 5. The van der Waals surface area contributed by atoms with Crippen molar-refractivity contribution in [1.82, 2.24) is 20.1 Å². The normalized spacial score (nSPS) is 11.1. The average Bonchev–Trinajstić information content (AvgIpc) is 2.73. The zero-order valence-corrected chi connectivity index (χ0v) is 11.4. The molecule has 0 unspecified atom stereocenters. The zero-order chi connectivity index (χ0) is 13.0. The van der Waals surface area contributed by atoms with Gasteiger partial charge in [0.15, 0.2) is 0 Å². The Morgan fingerprint density at radius 2 is 2.28 bits per heavy atom. The molecule has 5 heteroatoms. The Kier molecular flexibility index (Phi) is 4.33. The predicted molar refractivity (Wildman–Crippen MR) is 72.6 cm³/mol.